The zero-order valence-corrected chi connectivity index (χ0v) is 11.9. The van der Waals surface area contributed by atoms with Crippen LogP contribution in [0.25, 0.3) is 0 Å². The van der Waals surface area contributed by atoms with Gasteiger partial charge in [-0.25, -0.2) is 9.37 Å². The van der Waals surface area contributed by atoms with E-state index in [9.17, 15) is 14.0 Å². The van der Waals surface area contributed by atoms with Crippen molar-refractivity contribution in [3.63, 3.8) is 0 Å². The molecule has 0 bridgehead atoms. The molecule has 1 aromatic carbocycles. The Morgan fingerprint density at radius 1 is 1.18 bits per heavy atom. The Morgan fingerprint density at radius 2 is 1.95 bits per heavy atom. The maximum Gasteiger partial charge on any atom is 0.276 e. The van der Waals surface area contributed by atoms with Gasteiger partial charge < -0.3 is 4.74 Å². The fraction of sp³-hybridized carbons (Fsp3) is 0.0714. The van der Waals surface area contributed by atoms with Crippen LogP contribution in [-0.4, -0.2) is 23.4 Å². The number of hydrogen-bond donors (Lipinski definition) is 2. The summed E-state index contributed by atoms with van der Waals surface area (Å²) in [6, 6.07) is 8.57. The summed E-state index contributed by atoms with van der Waals surface area (Å²) in [6.07, 6.45) is 1.26. The molecular formula is C14H11ClFN3O3. The number of carbonyl (C=O) groups excluding carboxylic acids is 2. The van der Waals surface area contributed by atoms with Gasteiger partial charge in [-0.15, -0.1) is 0 Å². The van der Waals surface area contributed by atoms with Gasteiger partial charge in [0.05, 0.1) is 5.56 Å². The Balaban J connectivity index is 1.79. The van der Waals surface area contributed by atoms with E-state index in [2.05, 4.69) is 15.8 Å². The number of benzene rings is 1. The lowest BCUT2D eigenvalue weighted by Crippen LogP contribution is -2.43. The highest BCUT2D eigenvalue weighted by molar-refractivity contribution is 6.29. The predicted molar refractivity (Wildman–Crippen MR) is 76.8 cm³/mol. The molecule has 2 amide bonds. The van der Waals surface area contributed by atoms with Gasteiger partial charge >= 0.3 is 0 Å². The molecule has 0 saturated heterocycles. The van der Waals surface area contributed by atoms with E-state index in [0.717, 1.165) is 0 Å². The molecule has 8 heteroatoms. The molecule has 1 heterocycles. The summed E-state index contributed by atoms with van der Waals surface area (Å²) >= 11 is 5.60. The minimum absolute atomic E-state index is 0.0501. The first-order valence-electron chi connectivity index (χ1n) is 6.14. The largest absolute Gasteiger partial charge is 0.481 e. The van der Waals surface area contributed by atoms with Gasteiger partial charge in [0.2, 0.25) is 0 Å². The van der Waals surface area contributed by atoms with Gasteiger partial charge in [-0.2, -0.15) is 0 Å². The van der Waals surface area contributed by atoms with Crippen LogP contribution in [0.3, 0.4) is 0 Å². The summed E-state index contributed by atoms with van der Waals surface area (Å²) in [6.45, 7) is -0.444. The van der Waals surface area contributed by atoms with Gasteiger partial charge in [-0.1, -0.05) is 23.7 Å². The highest BCUT2D eigenvalue weighted by Gasteiger charge is 2.09. The number of nitrogens with zero attached hydrogens (tertiary/aromatic N) is 1. The molecular weight excluding hydrogens is 313 g/mol. The van der Waals surface area contributed by atoms with Crippen LogP contribution in [0.4, 0.5) is 4.39 Å². The van der Waals surface area contributed by atoms with Crippen molar-refractivity contribution in [1.82, 2.24) is 15.8 Å². The van der Waals surface area contributed by atoms with Gasteiger partial charge in [0.1, 0.15) is 5.15 Å². The summed E-state index contributed by atoms with van der Waals surface area (Å²) in [5.41, 5.74) is 4.53. The van der Waals surface area contributed by atoms with Crippen molar-refractivity contribution >= 4 is 23.4 Å². The van der Waals surface area contributed by atoms with E-state index in [0.29, 0.717) is 0 Å². The maximum absolute atomic E-state index is 13.3. The van der Waals surface area contributed by atoms with Crippen LogP contribution >= 0.6 is 11.6 Å². The number of para-hydroxylation sites is 1. The van der Waals surface area contributed by atoms with Crippen LogP contribution < -0.4 is 15.6 Å². The molecule has 0 radical (unpaired) electrons. The number of halogens is 2. The second-order valence-electron chi connectivity index (χ2n) is 4.09. The van der Waals surface area contributed by atoms with E-state index < -0.39 is 24.2 Å². The minimum Gasteiger partial charge on any atom is -0.481 e. The Morgan fingerprint density at radius 3 is 2.64 bits per heavy atom. The van der Waals surface area contributed by atoms with Crippen molar-refractivity contribution < 1.29 is 18.7 Å². The van der Waals surface area contributed by atoms with Crippen molar-refractivity contribution in [2.24, 2.45) is 0 Å². The van der Waals surface area contributed by atoms with Crippen LogP contribution in [0.2, 0.25) is 5.15 Å². The van der Waals surface area contributed by atoms with Crippen LogP contribution in [0, 0.1) is 5.82 Å². The van der Waals surface area contributed by atoms with Gasteiger partial charge in [0.25, 0.3) is 11.8 Å². The standard InChI is InChI=1S/C14H11ClFN3O3/c15-12-6-5-9(7-17-12)14(21)19-18-13(20)8-22-11-4-2-1-3-10(11)16/h1-7H,8H2,(H,18,20)(H,19,21). The van der Waals surface area contributed by atoms with Crippen molar-refractivity contribution in [3.05, 3.63) is 59.1 Å². The van der Waals surface area contributed by atoms with Crippen LogP contribution in [0.5, 0.6) is 5.75 Å². The number of rotatable bonds is 4. The third-order valence-corrected chi connectivity index (χ3v) is 2.72. The topological polar surface area (TPSA) is 80.3 Å². The molecule has 2 aromatic rings. The number of amides is 2. The summed E-state index contributed by atoms with van der Waals surface area (Å²) in [7, 11) is 0. The summed E-state index contributed by atoms with van der Waals surface area (Å²) < 4.78 is 18.2. The van der Waals surface area contributed by atoms with Crippen LogP contribution in [0.1, 0.15) is 10.4 Å². The van der Waals surface area contributed by atoms with Gasteiger partial charge in [-0.3, -0.25) is 20.4 Å². The lowest BCUT2D eigenvalue weighted by atomic mass is 10.3. The average Bonchev–Trinajstić information content (AvgIpc) is 2.52. The van der Waals surface area contributed by atoms with Gasteiger partial charge in [-0.05, 0) is 24.3 Å². The fourth-order valence-electron chi connectivity index (χ4n) is 1.45. The SMILES string of the molecule is O=C(COc1ccccc1F)NNC(=O)c1ccc(Cl)nc1. The monoisotopic (exact) mass is 323 g/mol. The molecule has 0 aliphatic heterocycles. The third kappa shape index (κ3) is 4.42. The Labute approximate surface area is 130 Å². The summed E-state index contributed by atoms with van der Waals surface area (Å²) in [5.74, 6) is -1.83. The van der Waals surface area contributed by atoms with E-state index >= 15 is 0 Å². The number of pyridine rings is 1. The Kier molecular flexibility index (Phi) is 5.26. The molecule has 114 valence electrons. The second-order valence-corrected chi connectivity index (χ2v) is 4.48. The molecule has 0 aliphatic rings. The maximum atomic E-state index is 13.3. The lowest BCUT2D eigenvalue weighted by Gasteiger charge is -2.09. The van der Waals surface area contributed by atoms with Crippen molar-refractivity contribution in [2.75, 3.05) is 6.61 Å². The van der Waals surface area contributed by atoms with Crippen LogP contribution in [-0.2, 0) is 4.79 Å². The first kappa shape index (κ1) is 15.7. The molecule has 0 saturated carbocycles. The van der Waals surface area contributed by atoms with E-state index in [1.54, 1.807) is 6.07 Å². The molecule has 2 N–H and O–H groups in total. The fourth-order valence-corrected chi connectivity index (χ4v) is 1.56. The average molecular weight is 324 g/mol. The molecule has 0 spiro atoms. The van der Waals surface area contributed by atoms with Crippen molar-refractivity contribution in [2.45, 2.75) is 0 Å². The zero-order valence-electron chi connectivity index (χ0n) is 11.2. The predicted octanol–water partition coefficient (Wildman–Crippen LogP) is 1.71. The highest BCUT2D eigenvalue weighted by Crippen LogP contribution is 2.14. The van der Waals surface area contributed by atoms with Crippen molar-refractivity contribution in [3.8, 4) is 5.75 Å². The molecule has 0 atom stereocenters. The first-order chi connectivity index (χ1) is 10.6. The zero-order chi connectivity index (χ0) is 15.9. The Bertz CT molecular complexity index is 679. The number of aromatic nitrogens is 1. The van der Waals surface area contributed by atoms with E-state index in [-0.39, 0.29) is 16.5 Å². The molecule has 2 rings (SSSR count). The lowest BCUT2D eigenvalue weighted by molar-refractivity contribution is -0.123. The highest BCUT2D eigenvalue weighted by atomic mass is 35.5. The normalized spacial score (nSPS) is 9.91. The summed E-state index contributed by atoms with van der Waals surface area (Å²) in [4.78, 5) is 26.9. The van der Waals surface area contributed by atoms with Crippen LogP contribution in [0.15, 0.2) is 42.6 Å². The number of hydrazine groups is 1. The molecule has 6 nitrogen and oxygen atoms in total. The number of hydrogen-bond acceptors (Lipinski definition) is 4. The van der Waals surface area contributed by atoms with E-state index in [1.807, 2.05) is 0 Å². The number of nitrogens with one attached hydrogen (secondary N) is 2. The third-order valence-electron chi connectivity index (χ3n) is 2.50. The molecule has 0 aliphatic carbocycles. The van der Waals surface area contributed by atoms with Crippen molar-refractivity contribution in [1.29, 1.82) is 0 Å². The Hall–Kier alpha value is -2.67. The van der Waals surface area contributed by atoms with E-state index in [1.165, 1.54) is 36.5 Å². The smallest absolute Gasteiger partial charge is 0.276 e. The minimum atomic E-state index is -0.640. The van der Waals surface area contributed by atoms with Gasteiger partial charge in [0, 0.05) is 6.20 Å². The molecule has 22 heavy (non-hydrogen) atoms. The first-order valence-corrected chi connectivity index (χ1v) is 6.52. The molecule has 1 aromatic heterocycles. The molecule has 0 unspecified atom stereocenters. The van der Waals surface area contributed by atoms with Gasteiger partial charge in [0.15, 0.2) is 18.2 Å². The quantitative estimate of drug-likeness (QED) is 0.663. The molecule has 0 fully saturated rings. The summed E-state index contributed by atoms with van der Waals surface area (Å²) in [5, 5.41) is 0.249. The second kappa shape index (κ2) is 7.37. The van der Waals surface area contributed by atoms with E-state index in [4.69, 9.17) is 16.3 Å². The number of carbonyl (C=O) groups is 2. The number of ether oxygens (including phenoxy) is 1.